The van der Waals surface area contributed by atoms with Crippen molar-refractivity contribution in [3.8, 4) is 0 Å². The van der Waals surface area contributed by atoms with E-state index in [1.54, 1.807) is 28.6 Å². The lowest BCUT2D eigenvalue weighted by molar-refractivity contribution is 0.0995. The third kappa shape index (κ3) is 4.16. The molecule has 2 aromatic rings. The summed E-state index contributed by atoms with van der Waals surface area (Å²) in [6.07, 6.45) is 4.66. The van der Waals surface area contributed by atoms with Crippen molar-refractivity contribution in [2.75, 3.05) is 18.4 Å². The smallest absolute Gasteiger partial charge is 0.291 e. The molecule has 1 amide bonds. The molecule has 0 aliphatic carbocycles. The fourth-order valence-electron chi connectivity index (χ4n) is 3.02. The fourth-order valence-corrected chi connectivity index (χ4v) is 4.54. The van der Waals surface area contributed by atoms with E-state index >= 15 is 0 Å². The molecule has 0 bridgehead atoms. The van der Waals surface area contributed by atoms with Crippen LogP contribution in [-0.2, 0) is 16.4 Å². The third-order valence-electron chi connectivity index (χ3n) is 4.55. The van der Waals surface area contributed by atoms with E-state index in [1.165, 1.54) is 12.1 Å². The predicted molar refractivity (Wildman–Crippen MR) is 99.7 cm³/mol. The maximum Gasteiger partial charge on any atom is 0.291 e. The van der Waals surface area contributed by atoms with Gasteiger partial charge in [-0.25, -0.2) is 8.42 Å². The zero-order valence-corrected chi connectivity index (χ0v) is 15.7. The molecule has 1 aromatic carbocycles. The number of amides is 1. The Morgan fingerprint density at radius 3 is 2.27 bits per heavy atom. The van der Waals surface area contributed by atoms with E-state index < -0.39 is 10.0 Å². The quantitative estimate of drug-likeness (QED) is 0.864. The summed E-state index contributed by atoms with van der Waals surface area (Å²) in [6.45, 7) is 3.09. The minimum Gasteiger partial charge on any atom is -0.456 e. The summed E-state index contributed by atoms with van der Waals surface area (Å²) in [4.78, 5) is 12.4. The molecule has 140 valence electrons. The van der Waals surface area contributed by atoms with E-state index in [0.717, 1.165) is 37.9 Å². The highest BCUT2D eigenvalue weighted by Gasteiger charge is 2.25. The van der Waals surface area contributed by atoms with E-state index in [2.05, 4.69) is 5.32 Å². The Morgan fingerprint density at radius 1 is 1.04 bits per heavy atom. The number of sulfonamides is 1. The Morgan fingerprint density at radius 2 is 1.69 bits per heavy atom. The molecule has 1 fully saturated rings. The van der Waals surface area contributed by atoms with Crippen molar-refractivity contribution in [2.45, 2.75) is 43.9 Å². The second kappa shape index (κ2) is 8.05. The highest BCUT2D eigenvalue weighted by atomic mass is 32.2. The zero-order chi connectivity index (χ0) is 18.6. The Bertz CT molecular complexity index is 848. The van der Waals surface area contributed by atoms with E-state index in [1.807, 2.05) is 6.92 Å². The van der Waals surface area contributed by atoms with Gasteiger partial charge in [0.05, 0.1) is 4.90 Å². The van der Waals surface area contributed by atoms with Crippen LogP contribution in [0.15, 0.2) is 45.7 Å². The van der Waals surface area contributed by atoms with Crippen LogP contribution in [0.3, 0.4) is 0 Å². The van der Waals surface area contributed by atoms with E-state index in [0.29, 0.717) is 18.8 Å². The molecule has 2 heterocycles. The van der Waals surface area contributed by atoms with Crippen molar-refractivity contribution >= 4 is 21.6 Å². The first-order valence-electron chi connectivity index (χ1n) is 9.01. The van der Waals surface area contributed by atoms with E-state index in [4.69, 9.17) is 4.42 Å². The highest BCUT2D eigenvalue weighted by Crippen LogP contribution is 2.22. The number of anilines is 1. The van der Waals surface area contributed by atoms with Crippen LogP contribution in [0.4, 0.5) is 5.69 Å². The van der Waals surface area contributed by atoms with Crippen LogP contribution >= 0.6 is 0 Å². The van der Waals surface area contributed by atoms with Gasteiger partial charge < -0.3 is 9.73 Å². The Hall–Kier alpha value is -2.12. The first-order chi connectivity index (χ1) is 12.5. The van der Waals surface area contributed by atoms with Crippen molar-refractivity contribution in [2.24, 2.45) is 0 Å². The molecule has 0 unspecified atom stereocenters. The van der Waals surface area contributed by atoms with Gasteiger partial charge in [0.25, 0.3) is 5.91 Å². The molecular weight excluding hydrogens is 352 g/mol. The van der Waals surface area contributed by atoms with Gasteiger partial charge in [-0.15, -0.1) is 0 Å². The maximum atomic E-state index is 12.8. The predicted octanol–water partition coefficient (Wildman–Crippen LogP) is 3.66. The van der Waals surface area contributed by atoms with Crippen molar-refractivity contribution in [1.82, 2.24) is 4.31 Å². The summed E-state index contributed by atoms with van der Waals surface area (Å²) in [5.41, 5.74) is 0.527. The highest BCUT2D eigenvalue weighted by molar-refractivity contribution is 7.89. The molecule has 1 aromatic heterocycles. The summed E-state index contributed by atoms with van der Waals surface area (Å²) in [5, 5.41) is 2.72. The van der Waals surface area contributed by atoms with Crippen LogP contribution in [0.2, 0.25) is 0 Å². The average Bonchev–Trinajstić information content (AvgIpc) is 2.95. The Labute approximate surface area is 154 Å². The maximum absolute atomic E-state index is 12.8. The van der Waals surface area contributed by atoms with Crippen molar-refractivity contribution < 1.29 is 17.6 Å². The fraction of sp³-hybridized carbons (Fsp3) is 0.421. The first kappa shape index (κ1) is 18.7. The number of rotatable bonds is 5. The summed E-state index contributed by atoms with van der Waals surface area (Å²) < 4.78 is 32.5. The van der Waals surface area contributed by atoms with Gasteiger partial charge in [0.1, 0.15) is 5.76 Å². The zero-order valence-electron chi connectivity index (χ0n) is 14.9. The minimum atomic E-state index is -3.48. The van der Waals surface area contributed by atoms with Gasteiger partial charge in [0.2, 0.25) is 10.0 Å². The second-order valence-corrected chi connectivity index (χ2v) is 8.35. The van der Waals surface area contributed by atoms with Crippen LogP contribution < -0.4 is 5.32 Å². The van der Waals surface area contributed by atoms with Gasteiger partial charge in [-0.1, -0.05) is 19.8 Å². The van der Waals surface area contributed by atoms with Crippen LogP contribution in [0.1, 0.15) is 48.9 Å². The number of benzene rings is 1. The molecule has 0 radical (unpaired) electrons. The van der Waals surface area contributed by atoms with E-state index in [9.17, 15) is 13.2 Å². The molecule has 6 nitrogen and oxygen atoms in total. The minimum absolute atomic E-state index is 0.239. The molecule has 3 rings (SSSR count). The summed E-state index contributed by atoms with van der Waals surface area (Å²) >= 11 is 0. The average molecular weight is 376 g/mol. The normalized spacial score (nSPS) is 16.2. The number of aryl methyl sites for hydroxylation is 1. The SMILES string of the molecule is CCc1ccc(C(=O)Nc2ccc(S(=O)(=O)N3CCCCCC3)cc2)o1. The second-order valence-electron chi connectivity index (χ2n) is 6.42. The molecular formula is C19H24N2O4S. The lowest BCUT2D eigenvalue weighted by Gasteiger charge is -2.20. The topological polar surface area (TPSA) is 79.6 Å². The van der Waals surface area contributed by atoms with Crippen LogP contribution in [0.25, 0.3) is 0 Å². The van der Waals surface area contributed by atoms with Crippen molar-refractivity contribution in [3.05, 3.63) is 47.9 Å². The third-order valence-corrected chi connectivity index (χ3v) is 6.46. The Balaban J connectivity index is 1.70. The van der Waals surface area contributed by atoms with E-state index in [-0.39, 0.29) is 16.6 Å². The molecule has 0 spiro atoms. The monoisotopic (exact) mass is 376 g/mol. The molecule has 1 aliphatic heterocycles. The first-order valence-corrected chi connectivity index (χ1v) is 10.4. The number of furan rings is 1. The van der Waals surface area contributed by atoms with Gasteiger partial charge >= 0.3 is 0 Å². The summed E-state index contributed by atoms with van der Waals surface area (Å²) in [6, 6.07) is 9.68. The van der Waals surface area contributed by atoms with Crippen LogP contribution in [0, 0.1) is 0 Å². The molecule has 1 saturated heterocycles. The van der Waals surface area contributed by atoms with Gasteiger partial charge in [0.15, 0.2) is 5.76 Å². The summed E-state index contributed by atoms with van der Waals surface area (Å²) in [5.74, 6) is 0.630. The van der Waals surface area contributed by atoms with Gasteiger partial charge in [-0.3, -0.25) is 4.79 Å². The molecule has 0 atom stereocenters. The standard InChI is InChI=1S/C19H24N2O4S/c1-2-16-9-12-18(25-16)19(22)20-15-7-10-17(11-8-15)26(23,24)21-13-5-3-4-6-14-21/h7-12H,2-6,13-14H2,1H3,(H,20,22). The van der Waals surface area contributed by atoms with Crippen LogP contribution in [-0.4, -0.2) is 31.7 Å². The molecule has 26 heavy (non-hydrogen) atoms. The number of carbonyl (C=O) groups is 1. The number of hydrogen-bond acceptors (Lipinski definition) is 4. The van der Waals surface area contributed by atoms with Gasteiger partial charge in [0, 0.05) is 25.2 Å². The molecule has 7 heteroatoms. The lowest BCUT2D eigenvalue weighted by Crippen LogP contribution is -2.31. The largest absolute Gasteiger partial charge is 0.456 e. The Kier molecular flexibility index (Phi) is 5.78. The van der Waals surface area contributed by atoms with Gasteiger partial charge in [-0.2, -0.15) is 4.31 Å². The van der Waals surface area contributed by atoms with Crippen molar-refractivity contribution in [3.63, 3.8) is 0 Å². The number of nitrogens with zero attached hydrogens (tertiary/aromatic N) is 1. The van der Waals surface area contributed by atoms with Gasteiger partial charge in [-0.05, 0) is 49.2 Å². The number of hydrogen-bond donors (Lipinski definition) is 1. The molecule has 1 aliphatic rings. The number of carbonyl (C=O) groups excluding carboxylic acids is 1. The lowest BCUT2D eigenvalue weighted by atomic mass is 10.2. The number of nitrogens with one attached hydrogen (secondary N) is 1. The molecule has 0 saturated carbocycles. The molecule has 1 N–H and O–H groups in total. The van der Waals surface area contributed by atoms with Crippen molar-refractivity contribution in [1.29, 1.82) is 0 Å². The van der Waals surface area contributed by atoms with Crippen LogP contribution in [0.5, 0.6) is 0 Å². The summed E-state index contributed by atoms with van der Waals surface area (Å²) in [7, 11) is -3.48.